The van der Waals surface area contributed by atoms with Crippen molar-refractivity contribution in [1.29, 1.82) is 0 Å². The second kappa shape index (κ2) is 5.26. The van der Waals surface area contributed by atoms with E-state index < -0.39 is 14.6 Å². The highest BCUT2D eigenvalue weighted by Gasteiger charge is 2.36. The molecule has 0 radical (unpaired) electrons. The molecule has 0 aromatic carbocycles. The topological polar surface area (TPSA) is 86.6 Å². The maximum absolute atomic E-state index is 8.88. The summed E-state index contributed by atoms with van der Waals surface area (Å²) in [6.45, 7) is 0.699. The van der Waals surface area contributed by atoms with Crippen molar-refractivity contribution in [3.63, 3.8) is 0 Å². The van der Waals surface area contributed by atoms with Crippen LogP contribution >= 0.6 is 0 Å². The number of aliphatic hydroxyl groups excluding tert-OH is 1. The quantitative estimate of drug-likeness (QED) is 0.517. The third-order valence-corrected chi connectivity index (χ3v) is 2.08. The van der Waals surface area contributed by atoms with Crippen LogP contribution in [-0.2, 0) is 23.3 Å². The molecule has 2 aliphatic heterocycles. The Balaban J connectivity index is 1.62. The van der Waals surface area contributed by atoms with Crippen LogP contribution in [0.5, 0.6) is 0 Å². The number of hydrogen-bond donors (Lipinski definition) is 2. The molecule has 2 saturated heterocycles. The Labute approximate surface area is 87.6 Å². The highest BCUT2D eigenvalue weighted by atomic mass is 16.8. The van der Waals surface area contributed by atoms with Gasteiger partial charge in [0.25, 0.3) is 0 Å². The van der Waals surface area contributed by atoms with Gasteiger partial charge >= 0.3 is 14.6 Å². The van der Waals surface area contributed by atoms with Gasteiger partial charge < -0.3 is 33.4 Å². The highest BCUT2D eigenvalue weighted by molar-refractivity contribution is 6.37. The third kappa shape index (κ3) is 3.15. The molecule has 0 aliphatic carbocycles. The first-order valence-electron chi connectivity index (χ1n) is 4.72. The molecule has 15 heavy (non-hydrogen) atoms. The molecule has 0 bridgehead atoms. The monoisotopic (exact) mass is 218 g/mol. The highest BCUT2D eigenvalue weighted by Crippen LogP contribution is 2.11. The lowest BCUT2D eigenvalue weighted by atomic mass is 10.2. The molecule has 2 N–H and O–H groups in total. The molecular formula is C6H12B2O7. The standard InChI is InChI=1S/C6H12B2O7/c9-1-5-2-12-8(15-5)13-4-6-3-11-7(10)14-6/h5-6,9-10H,1-4H2. The summed E-state index contributed by atoms with van der Waals surface area (Å²) in [4.78, 5) is 0. The lowest BCUT2D eigenvalue weighted by molar-refractivity contribution is 0.0820. The van der Waals surface area contributed by atoms with Crippen molar-refractivity contribution in [2.24, 2.45) is 0 Å². The lowest BCUT2D eigenvalue weighted by Crippen LogP contribution is -2.29. The van der Waals surface area contributed by atoms with Gasteiger partial charge in [0.2, 0.25) is 0 Å². The molecular weight excluding hydrogens is 206 g/mol. The fraction of sp³-hybridized carbons (Fsp3) is 1.00. The minimum atomic E-state index is -1.17. The largest absolute Gasteiger partial charge is 0.639 e. The van der Waals surface area contributed by atoms with Gasteiger partial charge in [0.15, 0.2) is 0 Å². The van der Waals surface area contributed by atoms with Crippen molar-refractivity contribution in [2.75, 3.05) is 26.4 Å². The van der Waals surface area contributed by atoms with E-state index in [0.29, 0.717) is 6.61 Å². The van der Waals surface area contributed by atoms with E-state index in [4.69, 9.17) is 33.4 Å². The number of hydrogen-bond acceptors (Lipinski definition) is 7. The van der Waals surface area contributed by atoms with E-state index in [-0.39, 0.29) is 32.0 Å². The van der Waals surface area contributed by atoms with E-state index >= 15 is 0 Å². The maximum Gasteiger partial charge on any atom is 0.639 e. The molecule has 0 aromatic heterocycles. The Hall–Kier alpha value is -0.150. The molecule has 84 valence electrons. The smallest absolute Gasteiger partial charge is 0.402 e. The zero-order chi connectivity index (χ0) is 10.7. The van der Waals surface area contributed by atoms with Crippen LogP contribution < -0.4 is 0 Å². The summed E-state index contributed by atoms with van der Waals surface area (Å²) in [7, 11) is -1.95. The molecule has 2 aliphatic rings. The van der Waals surface area contributed by atoms with Crippen molar-refractivity contribution >= 4 is 14.6 Å². The van der Waals surface area contributed by atoms with Gasteiger partial charge in [0.05, 0.1) is 38.6 Å². The van der Waals surface area contributed by atoms with Crippen molar-refractivity contribution in [3.8, 4) is 0 Å². The fourth-order valence-electron chi connectivity index (χ4n) is 1.31. The van der Waals surface area contributed by atoms with Crippen molar-refractivity contribution in [2.45, 2.75) is 12.2 Å². The molecule has 2 rings (SSSR count). The summed E-state index contributed by atoms with van der Waals surface area (Å²) >= 11 is 0. The molecule has 2 fully saturated rings. The Morgan fingerprint density at radius 3 is 2.60 bits per heavy atom. The van der Waals surface area contributed by atoms with Gasteiger partial charge in [-0.2, -0.15) is 0 Å². The Morgan fingerprint density at radius 1 is 1.20 bits per heavy atom. The summed E-state index contributed by atoms with van der Waals surface area (Å²) in [5.74, 6) is 0. The molecule has 0 saturated carbocycles. The Bertz CT molecular complexity index is 206. The van der Waals surface area contributed by atoms with Gasteiger partial charge in [0, 0.05) is 0 Å². The van der Waals surface area contributed by atoms with E-state index in [1.165, 1.54) is 0 Å². The average Bonchev–Trinajstić information content (AvgIpc) is 2.83. The van der Waals surface area contributed by atoms with E-state index in [1.807, 2.05) is 0 Å². The van der Waals surface area contributed by atoms with Crippen LogP contribution in [0.15, 0.2) is 0 Å². The summed E-state index contributed by atoms with van der Waals surface area (Å²) in [6, 6.07) is 0. The zero-order valence-corrected chi connectivity index (χ0v) is 8.07. The van der Waals surface area contributed by atoms with Crippen LogP contribution in [0.3, 0.4) is 0 Å². The molecule has 2 atom stereocenters. The van der Waals surface area contributed by atoms with E-state index in [0.717, 1.165) is 0 Å². The van der Waals surface area contributed by atoms with Crippen LogP contribution in [0.1, 0.15) is 0 Å². The van der Waals surface area contributed by atoms with Crippen molar-refractivity contribution in [3.05, 3.63) is 0 Å². The molecule has 7 nitrogen and oxygen atoms in total. The molecule has 2 unspecified atom stereocenters. The normalized spacial score (nSPS) is 31.6. The van der Waals surface area contributed by atoms with E-state index in [9.17, 15) is 0 Å². The number of aliphatic hydroxyl groups is 1. The van der Waals surface area contributed by atoms with Gasteiger partial charge in [-0.15, -0.1) is 0 Å². The predicted molar refractivity (Wildman–Crippen MR) is 48.4 cm³/mol. The van der Waals surface area contributed by atoms with Crippen LogP contribution in [0.2, 0.25) is 0 Å². The number of rotatable bonds is 4. The van der Waals surface area contributed by atoms with Crippen LogP contribution in [-0.4, -0.2) is 63.4 Å². The van der Waals surface area contributed by atoms with E-state index in [2.05, 4.69) is 0 Å². The summed E-state index contributed by atoms with van der Waals surface area (Å²) in [6.07, 6.45) is -0.651. The Morgan fingerprint density at radius 2 is 2.00 bits per heavy atom. The van der Waals surface area contributed by atoms with Crippen LogP contribution in [0, 0.1) is 0 Å². The summed E-state index contributed by atoms with van der Waals surface area (Å²) in [5.41, 5.74) is 0. The summed E-state index contributed by atoms with van der Waals surface area (Å²) in [5, 5.41) is 17.6. The van der Waals surface area contributed by atoms with Gasteiger partial charge in [-0.3, -0.25) is 0 Å². The van der Waals surface area contributed by atoms with Crippen LogP contribution in [0.4, 0.5) is 0 Å². The Kier molecular flexibility index (Phi) is 3.98. The minimum absolute atomic E-state index is 0.0956. The molecule has 0 aromatic rings. The minimum Gasteiger partial charge on any atom is -0.402 e. The third-order valence-electron chi connectivity index (χ3n) is 2.08. The van der Waals surface area contributed by atoms with Gasteiger partial charge in [-0.05, 0) is 0 Å². The molecule has 0 spiro atoms. The first-order chi connectivity index (χ1) is 7.28. The molecule has 0 amide bonds. The second-order valence-electron chi connectivity index (χ2n) is 3.29. The second-order valence-corrected chi connectivity index (χ2v) is 3.29. The lowest BCUT2D eigenvalue weighted by Gasteiger charge is -2.10. The SMILES string of the molecule is OCC1COB(OCC2COB(O)O2)O1. The maximum atomic E-state index is 8.88. The first kappa shape index (κ1) is 11.3. The predicted octanol–water partition coefficient (Wildman–Crippen LogP) is -2.21. The van der Waals surface area contributed by atoms with Crippen molar-refractivity contribution < 1.29 is 33.4 Å². The average molecular weight is 218 g/mol. The van der Waals surface area contributed by atoms with Gasteiger partial charge in [0.1, 0.15) is 0 Å². The molecule has 2 heterocycles. The summed E-state index contributed by atoms with van der Waals surface area (Å²) < 4.78 is 25.1. The van der Waals surface area contributed by atoms with Gasteiger partial charge in [-0.1, -0.05) is 0 Å². The zero-order valence-electron chi connectivity index (χ0n) is 8.07. The molecule has 9 heteroatoms. The van der Waals surface area contributed by atoms with Crippen LogP contribution in [0.25, 0.3) is 0 Å². The van der Waals surface area contributed by atoms with E-state index in [1.54, 1.807) is 0 Å². The fourth-order valence-corrected chi connectivity index (χ4v) is 1.31. The first-order valence-corrected chi connectivity index (χ1v) is 4.72. The van der Waals surface area contributed by atoms with Gasteiger partial charge in [-0.25, -0.2) is 0 Å². The van der Waals surface area contributed by atoms with Crippen molar-refractivity contribution in [1.82, 2.24) is 0 Å².